The summed E-state index contributed by atoms with van der Waals surface area (Å²) in [6.45, 7) is 8.60. The number of rotatable bonds is 3. The molecule has 1 heterocycles. The fourth-order valence-corrected chi connectivity index (χ4v) is 1.54. The molecular formula is C10H19NO3. The number of hydrogen-bond donors (Lipinski definition) is 0. The molecule has 0 aromatic rings. The molecule has 1 unspecified atom stereocenters. The highest BCUT2D eigenvalue weighted by atomic mass is 16.5. The molecule has 0 radical (unpaired) electrons. The van der Waals surface area contributed by atoms with Crippen LogP contribution < -0.4 is 0 Å². The third-order valence-electron chi connectivity index (χ3n) is 2.27. The Morgan fingerprint density at radius 3 is 2.93 bits per heavy atom. The number of ether oxygens (including phenoxy) is 2. The van der Waals surface area contributed by atoms with Crippen LogP contribution in [0.2, 0.25) is 0 Å². The minimum Gasteiger partial charge on any atom is -0.462 e. The van der Waals surface area contributed by atoms with Crippen LogP contribution >= 0.6 is 0 Å². The van der Waals surface area contributed by atoms with Crippen molar-refractivity contribution in [1.82, 2.24) is 4.90 Å². The van der Waals surface area contributed by atoms with Gasteiger partial charge in [-0.1, -0.05) is 6.92 Å². The fraction of sp³-hybridized carbons (Fsp3) is 0.900. The molecule has 0 aliphatic carbocycles. The molecule has 82 valence electrons. The van der Waals surface area contributed by atoms with Gasteiger partial charge in [-0.05, 0) is 20.4 Å². The van der Waals surface area contributed by atoms with Crippen LogP contribution in [0.5, 0.6) is 0 Å². The van der Waals surface area contributed by atoms with Crippen LogP contribution in [0, 0.1) is 0 Å². The molecule has 1 aliphatic rings. The van der Waals surface area contributed by atoms with E-state index in [9.17, 15) is 4.79 Å². The van der Waals surface area contributed by atoms with Crippen molar-refractivity contribution in [3.8, 4) is 0 Å². The van der Waals surface area contributed by atoms with Gasteiger partial charge in [0, 0.05) is 6.54 Å². The number of carbonyl (C=O) groups excluding carboxylic acids is 1. The van der Waals surface area contributed by atoms with Crippen molar-refractivity contribution in [1.29, 1.82) is 0 Å². The van der Waals surface area contributed by atoms with E-state index in [1.807, 2.05) is 20.8 Å². The van der Waals surface area contributed by atoms with E-state index in [1.165, 1.54) is 0 Å². The molecule has 1 fully saturated rings. The maximum atomic E-state index is 11.6. The van der Waals surface area contributed by atoms with Gasteiger partial charge in [0.15, 0.2) is 0 Å². The summed E-state index contributed by atoms with van der Waals surface area (Å²) >= 11 is 0. The lowest BCUT2D eigenvalue weighted by atomic mass is 10.2. The maximum absolute atomic E-state index is 11.6. The van der Waals surface area contributed by atoms with E-state index in [2.05, 4.69) is 4.90 Å². The molecule has 4 heteroatoms. The van der Waals surface area contributed by atoms with Gasteiger partial charge < -0.3 is 9.47 Å². The van der Waals surface area contributed by atoms with Crippen LogP contribution in [0.3, 0.4) is 0 Å². The highest BCUT2D eigenvalue weighted by Crippen LogP contribution is 2.09. The molecule has 1 rings (SSSR count). The van der Waals surface area contributed by atoms with Crippen LogP contribution in [0.25, 0.3) is 0 Å². The van der Waals surface area contributed by atoms with Gasteiger partial charge in [0.05, 0.1) is 19.3 Å². The third kappa shape index (κ3) is 2.96. The Labute approximate surface area is 85.2 Å². The predicted molar refractivity (Wildman–Crippen MR) is 53.1 cm³/mol. The largest absolute Gasteiger partial charge is 0.462 e. The molecule has 0 aromatic heterocycles. The van der Waals surface area contributed by atoms with E-state index in [-0.39, 0.29) is 18.1 Å². The summed E-state index contributed by atoms with van der Waals surface area (Å²) in [5.41, 5.74) is 0. The van der Waals surface area contributed by atoms with Crippen molar-refractivity contribution in [2.24, 2.45) is 0 Å². The minimum atomic E-state index is -0.212. The average Bonchev–Trinajstić information content (AvgIpc) is 2.16. The topological polar surface area (TPSA) is 38.8 Å². The molecule has 1 aliphatic heterocycles. The lowest BCUT2D eigenvalue weighted by Gasteiger charge is -2.33. The standard InChI is InChI=1S/C10H19NO3/c1-4-11-5-6-13-7-9(11)10(12)14-8(2)3/h8-9H,4-7H2,1-3H3. The minimum absolute atomic E-state index is 0.0527. The summed E-state index contributed by atoms with van der Waals surface area (Å²) in [6.07, 6.45) is -0.0527. The first-order valence-electron chi connectivity index (χ1n) is 5.17. The Kier molecular flexibility index (Phi) is 4.35. The normalized spacial score (nSPS) is 23.9. The van der Waals surface area contributed by atoms with Gasteiger partial charge in [-0.25, -0.2) is 0 Å². The van der Waals surface area contributed by atoms with E-state index < -0.39 is 0 Å². The number of morpholine rings is 1. The molecule has 1 atom stereocenters. The first kappa shape index (κ1) is 11.5. The number of hydrogen-bond acceptors (Lipinski definition) is 4. The van der Waals surface area contributed by atoms with Crippen molar-refractivity contribution < 1.29 is 14.3 Å². The van der Waals surface area contributed by atoms with Crippen LogP contribution in [0.4, 0.5) is 0 Å². The zero-order chi connectivity index (χ0) is 10.6. The lowest BCUT2D eigenvalue weighted by Crippen LogP contribution is -2.50. The van der Waals surface area contributed by atoms with Gasteiger partial charge in [0.2, 0.25) is 0 Å². The molecule has 4 nitrogen and oxygen atoms in total. The van der Waals surface area contributed by atoms with Gasteiger partial charge in [-0.3, -0.25) is 9.69 Å². The van der Waals surface area contributed by atoms with E-state index in [4.69, 9.17) is 9.47 Å². The third-order valence-corrected chi connectivity index (χ3v) is 2.27. The second kappa shape index (κ2) is 5.32. The molecule has 0 N–H and O–H groups in total. The van der Waals surface area contributed by atoms with Gasteiger partial charge in [0.25, 0.3) is 0 Å². The van der Waals surface area contributed by atoms with Crippen LogP contribution in [0.15, 0.2) is 0 Å². The lowest BCUT2D eigenvalue weighted by molar-refractivity contribution is -0.159. The second-order valence-electron chi connectivity index (χ2n) is 3.70. The molecule has 14 heavy (non-hydrogen) atoms. The quantitative estimate of drug-likeness (QED) is 0.629. The second-order valence-corrected chi connectivity index (χ2v) is 3.70. The fourth-order valence-electron chi connectivity index (χ4n) is 1.54. The van der Waals surface area contributed by atoms with E-state index in [0.717, 1.165) is 13.1 Å². The van der Waals surface area contributed by atoms with E-state index >= 15 is 0 Å². The predicted octanol–water partition coefficient (Wildman–Crippen LogP) is 0.659. The molecule has 0 spiro atoms. The Hall–Kier alpha value is -0.610. The van der Waals surface area contributed by atoms with Crippen molar-refractivity contribution in [2.45, 2.75) is 32.9 Å². The van der Waals surface area contributed by atoms with Crippen molar-refractivity contribution in [3.05, 3.63) is 0 Å². The van der Waals surface area contributed by atoms with Crippen LogP contribution in [0.1, 0.15) is 20.8 Å². The molecule has 0 aromatic carbocycles. The number of esters is 1. The zero-order valence-corrected chi connectivity index (χ0v) is 9.16. The van der Waals surface area contributed by atoms with Gasteiger partial charge in [-0.2, -0.15) is 0 Å². The Balaban J connectivity index is 2.50. The first-order chi connectivity index (χ1) is 6.65. The molecule has 0 bridgehead atoms. The van der Waals surface area contributed by atoms with Gasteiger partial charge >= 0.3 is 5.97 Å². The summed E-state index contributed by atoms with van der Waals surface area (Å²) in [7, 11) is 0. The smallest absolute Gasteiger partial charge is 0.326 e. The van der Waals surface area contributed by atoms with Crippen molar-refractivity contribution in [2.75, 3.05) is 26.3 Å². The van der Waals surface area contributed by atoms with Gasteiger partial charge in [0.1, 0.15) is 6.04 Å². The van der Waals surface area contributed by atoms with Crippen LogP contribution in [-0.2, 0) is 14.3 Å². The number of carbonyl (C=O) groups is 1. The number of nitrogens with zero attached hydrogens (tertiary/aromatic N) is 1. The van der Waals surface area contributed by atoms with Crippen molar-refractivity contribution >= 4 is 5.97 Å². The highest BCUT2D eigenvalue weighted by Gasteiger charge is 2.29. The summed E-state index contributed by atoms with van der Waals surface area (Å²) in [6, 6.07) is -0.212. The first-order valence-corrected chi connectivity index (χ1v) is 5.17. The molecule has 0 saturated carbocycles. The average molecular weight is 201 g/mol. The number of likely N-dealkylation sites (N-methyl/N-ethyl adjacent to an activating group) is 1. The van der Waals surface area contributed by atoms with Gasteiger partial charge in [-0.15, -0.1) is 0 Å². The SMILES string of the molecule is CCN1CCOCC1C(=O)OC(C)C. The van der Waals surface area contributed by atoms with E-state index in [0.29, 0.717) is 13.2 Å². The molecule has 1 saturated heterocycles. The Morgan fingerprint density at radius 1 is 1.64 bits per heavy atom. The monoisotopic (exact) mass is 201 g/mol. The Morgan fingerprint density at radius 2 is 2.36 bits per heavy atom. The Bertz CT molecular complexity index is 194. The zero-order valence-electron chi connectivity index (χ0n) is 9.16. The molecular weight excluding hydrogens is 182 g/mol. The summed E-state index contributed by atoms with van der Waals surface area (Å²) < 4.78 is 10.4. The summed E-state index contributed by atoms with van der Waals surface area (Å²) in [4.78, 5) is 13.7. The maximum Gasteiger partial charge on any atom is 0.326 e. The van der Waals surface area contributed by atoms with E-state index in [1.54, 1.807) is 0 Å². The van der Waals surface area contributed by atoms with Crippen LogP contribution in [-0.4, -0.2) is 49.3 Å². The summed E-state index contributed by atoms with van der Waals surface area (Å²) in [5.74, 6) is -0.165. The molecule has 0 amide bonds. The highest BCUT2D eigenvalue weighted by molar-refractivity contribution is 5.76. The summed E-state index contributed by atoms with van der Waals surface area (Å²) in [5, 5.41) is 0. The van der Waals surface area contributed by atoms with Crippen molar-refractivity contribution in [3.63, 3.8) is 0 Å².